The van der Waals surface area contributed by atoms with Crippen LogP contribution in [-0.2, 0) is 9.59 Å². The van der Waals surface area contributed by atoms with E-state index >= 15 is 0 Å². The molecule has 2 heterocycles. The van der Waals surface area contributed by atoms with E-state index in [2.05, 4.69) is 20.8 Å². The van der Waals surface area contributed by atoms with Gasteiger partial charge in [-0.25, -0.2) is 0 Å². The second kappa shape index (κ2) is 6.25. The molecule has 1 aliphatic rings. The molecule has 0 saturated heterocycles. The molecule has 6 nitrogen and oxygen atoms in total. The summed E-state index contributed by atoms with van der Waals surface area (Å²) in [6.45, 7) is 1.77. The van der Waals surface area contributed by atoms with Crippen molar-refractivity contribution in [2.75, 3.05) is 10.6 Å². The molecule has 2 atom stereocenters. The Hall–Kier alpha value is -2.80. The van der Waals surface area contributed by atoms with Crippen LogP contribution in [-0.4, -0.2) is 27.3 Å². The second-order valence-electron chi connectivity index (χ2n) is 5.97. The molecule has 2 unspecified atom stereocenters. The zero-order valence-corrected chi connectivity index (χ0v) is 14.3. The molecule has 0 saturated carbocycles. The van der Waals surface area contributed by atoms with Gasteiger partial charge in [0.15, 0.2) is 0 Å². The Labute approximate surface area is 148 Å². The van der Waals surface area contributed by atoms with Gasteiger partial charge in [-0.3, -0.25) is 14.7 Å². The molecule has 7 heteroatoms. The standard InChI is InChI=1S/C18H16N4O2S/c1-10(16-18(24)21-14-4-2-3-5-15(14)25-16)17(23)20-12-6-7-13-11(8-12)9-19-22-13/h2-10,16H,1H3,(H,19,22)(H,20,23)(H,21,24). The number of carbonyl (C=O) groups excluding carboxylic acids is 2. The van der Waals surface area contributed by atoms with Crippen LogP contribution in [0.5, 0.6) is 0 Å². The number of aromatic nitrogens is 2. The van der Waals surface area contributed by atoms with E-state index in [1.165, 1.54) is 11.8 Å². The number of para-hydroxylation sites is 1. The molecule has 25 heavy (non-hydrogen) atoms. The van der Waals surface area contributed by atoms with E-state index in [-0.39, 0.29) is 11.8 Å². The van der Waals surface area contributed by atoms with Gasteiger partial charge in [0.1, 0.15) is 0 Å². The number of amides is 2. The molecule has 0 bridgehead atoms. The molecule has 0 spiro atoms. The van der Waals surface area contributed by atoms with Gasteiger partial charge in [0.2, 0.25) is 11.8 Å². The van der Waals surface area contributed by atoms with Crippen LogP contribution in [0.2, 0.25) is 0 Å². The van der Waals surface area contributed by atoms with Crippen LogP contribution in [0.25, 0.3) is 10.9 Å². The summed E-state index contributed by atoms with van der Waals surface area (Å²) in [6, 6.07) is 13.1. The van der Waals surface area contributed by atoms with Crippen molar-refractivity contribution in [1.82, 2.24) is 10.2 Å². The van der Waals surface area contributed by atoms with Gasteiger partial charge in [0.05, 0.1) is 28.6 Å². The lowest BCUT2D eigenvalue weighted by atomic mass is 10.1. The summed E-state index contributed by atoms with van der Waals surface area (Å²) < 4.78 is 0. The fraction of sp³-hybridized carbons (Fsp3) is 0.167. The van der Waals surface area contributed by atoms with Crippen molar-refractivity contribution >= 4 is 45.9 Å². The van der Waals surface area contributed by atoms with Crippen LogP contribution in [0, 0.1) is 5.92 Å². The average molecular weight is 352 g/mol. The third-order valence-electron chi connectivity index (χ3n) is 4.23. The first-order valence-corrected chi connectivity index (χ1v) is 8.80. The number of rotatable bonds is 3. The minimum atomic E-state index is -0.474. The van der Waals surface area contributed by atoms with E-state index in [4.69, 9.17) is 0 Å². The molecule has 3 aromatic rings. The highest BCUT2D eigenvalue weighted by Gasteiger charge is 2.35. The second-order valence-corrected chi connectivity index (χ2v) is 7.16. The lowest BCUT2D eigenvalue weighted by Gasteiger charge is -2.27. The minimum Gasteiger partial charge on any atom is -0.326 e. The van der Waals surface area contributed by atoms with Gasteiger partial charge in [-0.15, -0.1) is 11.8 Å². The van der Waals surface area contributed by atoms with E-state index < -0.39 is 11.2 Å². The maximum atomic E-state index is 12.6. The first-order valence-electron chi connectivity index (χ1n) is 7.92. The van der Waals surface area contributed by atoms with Crippen molar-refractivity contribution in [2.24, 2.45) is 5.92 Å². The third kappa shape index (κ3) is 2.98. The predicted octanol–water partition coefficient (Wildman–Crippen LogP) is 3.25. The molecule has 1 aromatic heterocycles. The van der Waals surface area contributed by atoms with Gasteiger partial charge in [0.25, 0.3) is 0 Å². The lowest BCUT2D eigenvalue weighted by Crippen LogP contribution is -2.39. The van der Waals surface area contributed by atoms with Gasteiger partial charge >= 0.3 is 0 Å². The van der Waals surface area contributed by atoms with E-state index in [1.54, 1.807) is 13.1 Å². The maximum absolute atomic E-state index is 12.6. The summed E-state index contributed by atoms with van der Waals surface area (Å²) in [4.78, 5) is 26.0. The minimum absolute atomic E-state index is 0.142. The normalized spacial score (nSPS) is 17.6. The molecule has 126 valence electrons. The van der Waals surface area contributed by atoms with Crippen molar-refractivity contribution < 1.29 is 9.59 Å². The smallest absolute Gasteiger partial charge is 0.238 e. The summed E-state index contributed by atoms with van der Waals surface area (Å²) in [6.07, 6.45) is 1.70. The molecule has 1 aliphatic heterocycles. The van der Waals surface area contributed by atoms with Crippen molar-refractivity contribution in [2.45, 2.75) is 17.1 Å². The highest BCUT2D eigenvalue weighted by Crippen LogP contribution is 2.38. The molecule has 2 aromatic carbocycles. The van der Waals surface area contributed by atoms with Gasteiger partial charge < -0.3 is 10.6 Å². The number of H-pyrrole nitrogens is 1. The fourth-order valence-corrected chi connectivity index (χ4v) is 3.98. The Kier molecular flexibility index (Phi) is 3.93. The number of aromatic amines is 1. The number of carbonyl (C=O) groups is 2. The van der Waals surface area contributed by atoms with Crippen molar-refractivity contribution in [3.8, 4) is 0 Å². The fourth-order valence-electron chi connectivity index (χ4n) is 2.81. The van der Waals surface area contributed by atoms with Crippen LogP contribution in [0.3, 0.4) is 0 Å². The van der Waals surface area contributed by atoms with E-state index in [0.29, 0.717) is 5.69 Å². The Morgan fingerprint density at radius 3 is 3.00 bits per heavy atom. The molecule has 2 amide bonds. The van der Waals surface area contributed by atoms with Crippen LogP contribution >= 0.6 is 11.8 Å². The summed E-state index contributed by atoms with van der Waals surface area (Å²) in [7, 11) is 0. The quantitative estimate of drug-likeness (QED) is 0.675. The van der Waals surface area contributed by atoms with Crippen molar-refractivity contribution in [3.05, 3.63) is 48.7 Å². The van der Waals surface area contributed by atoms with Crippen LogP contribution in [0.15, 0.2) is 53.6 Å². The largest absolute Gasteiger partial charge is 0.326 e. The van der Waals surface area contributed by atoms with Crippen LogP contribution < -0.4 is 10.6 Å². The number of fused-ring (bicyclic) bond motifs is 2. The first kappa shape index (κ1) is 15.7. The van der Waals surface area contributed by atoms with E-state index in [0.717, 1.165) is 21.5 Å². The van der Waals surface area contributed by atoms with Gasteiger partial charge in [-0.2, -0.15) is 5.10 Å². The SMILES string of the molecule is CC(C(=O)Nc1ccc2[nH]ncc2c1)C1Sc2ccccc2NC1=O. The van der Waals surface area contributed by atoms with Crippen LogP contribution in [0.1, 0.15) is 6.92 Å². The van der Waals surface area contributed by atoms with Gasteiger partial charge in [-0.1, -0.05) is 19.1 Å². The molecule has 0 fully saturated rings. The van der Waals surface area contributed by atoms with E-state index in [1.807, 2.05) is 42.5 Å². The number of nitrogens with one attached hydrogen (secondary N) is 3. The summed E-state index contributed by atoms with van der Waals surface area (Å²) >= 11 is 1.43. The Morgan fingerprint density at radius 1 is 1.28 bits per heavy atom. The maximum Gasteiger partial charge on any atom is 0.238 e. The molecular weight excluding hydrogens is 336 g/mol. The zero-order chi connectivity index (χ0) is 17.4. The lowest BCUT2D eigenvalue weighted by molar-refractivity contribution is -0.123. The van der Waals surface area contributed by atoms with Crippen LogP contribution in [0.4, 0.5) is 11.4 Å². The number of nitrogens with zero attached hydrogens (tertiary/aromatic N) is 1. The topological polar surface area (TPSA) is 86.9 Å². The molecule has 3 N–H and O–H groups in total. The molecular formula is C18H16N4O2S. The highest BCUT2D eigenvalue weighted by atomic mass is 32.2. The number of hydrogen-bond acceptors (Lipinski definition) is 4. The molecule has 4 rings (SSSR count). The Balaban J connectivity index is 1.51. The van der Waals surface area contributed by atoms with Gasteiger partial charge in [0, 0.05) is 16.0 Å². The average Bonchev–Trinajstić information content (AvgIpc) is 3.08. The number of thioether (sulfide) groups is 1. The van der Waals surface area contributed by atoms with E-state index in [9.17, 15) is 9.59 Å². The summed E-state index contributed by atoms with van der Waals surface area (Å²) in [5, 5.41) is 13.1. The monoisotopic (exact) mass is 352 g/mol. The first-order chi connectivity index (χ1) is 12.1. The number of anilines is 2. The summed E-state index contributed by atoms with van der Waals surface area (Å²) in [5.74, 6) is -0.801. The molecule has 0 radical (unpaired) electrons. The Morgan fingerprint density at radius 2 is 2.12 bits per heavy atom. The molecule has 0 aliphatic carbocycles. The Bertz CT molecular complexity index is 968. The number of hydrogen-bond donors (Lipinski definition) is 3. The van der Waals surface area contributed by atoms with Crippen molar-refractivity contribution in [1.29, 1.82) is 0 Å². The highest BCUT2D eigenvalue weighted by molar-refractivity contribution is 8.01. The van der Waals surface area contributed by atoms with Gasteiger partial charge in [-0.05, 0) is 30.3 Å². The number of benzene rings is 2. The van der Waals surface area contributed by atoms with Crippen molar-refractivity contribution in [3.63, 3.8) is 0 Å². The summed E-state index contributed by atoms with van der Waals surface area (Å²) in [5.41, 5.74) is 2.39. The predicted molar refractivity (Wildman–Crippen MR) is 98.6 cm³/mol. The zero-order valence-electron chi connectivity index (χ0n) is 13.4. The third-order valence-corrected chi connectivity index (χ3v) is 5.72.